The standard InChI is InChI=1S/C14H24N2O/c1-11(2)17-14-6-5-13(9-12(14)3)10-16(4)8-7-15/h5-6,9,11H,7-8,10,15H2,1-4H3. The highest BCUT2D eigenvalue weighted by molar-refractivity contribution is 5.36. The lowest BCUT2D eigenvalue weighted by Gasteiger charge is -2.17. The van der Waals surface area contributed by atoms with Gasteiger partial charge in [0.05, 0.1) is 6.10 Å². The first kappa shape index (κ1) is 14.0. The van der Waals surface area contributed by atoms with Gasteiger partial charge >= 0.3 is 0 Å². The van der Waals surface area contributed by atoms with E-state index in [0.29, 0.717) is 6.54 Å². The lowest BCUT2D eigenvalue weighted by atomic mass is 10.1. The zero-order chi connectivity index (χ0) is 12.8. The highest BCUT2D eigenvalue weighted by Gasteiger charge is 2.05. The quantitative estimate of drug-likeness (QED) is 0.822. The van der Waals surface area contributed by atoms with Crippen LogP contribution in [0.15, 0.2) is 18.2 Å². The van der Waals surface area contributed by atoms with E-state index in [4.69, 9.17) is 10.5 Å². The fourth-order valence-corrected chi connectivity index (χ4v) is 1.81. The molecule has 0 bridgehead atoms. The molecule has 0 radical (unpaired) electrons. The van der Waals surface area contributed by atoms with Crippen LogP contribution in [0.3, 0.4) is 0 Å². The third-order valence-corrected chi connectivity index (χ3v) is 2.57. The van der Waals surface area contributed by atoms with Gasteiger partial charge in [-0.05, 0) is 45.0 Å². The Hall–Kier alpha value is -1.06. The second-order valence-corrected chi connectivity index (χ2v) is 4.79. The molecule has 96 valence electrons. The molecule has 1 aromatic rings. The maximum atomic E-state index is 5.72. The third kappa shape index (κ3) is 4.75. The van der Waals surface area contributed by atoms with E-state index in [-0.39, 0.29) is 6.10 Å². The normalized spacial score (nSPS) is 11.2. The summed E-state index contributed by atoms with van der Waals surface area (Å²) in [6.45, 7) is 8.72. The first-order valence-electron chi connectivity index (χ1n) is 6.17. The van der Waals surface area contributed by atoms with E-state index in [1.807, 2.05) is 13.8 Å². The highest BCUT2D eigenvalue weighted by Crippen LogP contribution is 2.20. The first-order valence-corrected chi connectivity index (χ1v) is 6.17. The average Bonchev–Trinajstić information content (AvgIpc) is 2.22. The fourth-order valence-electron chi connectivity index (χ4n) is 1.81. The average molecular weight is 236 g/mol. The smallest absolute Gasteiger partial charge is 0.122 e. The molecule has 0 unspecified atom stereocenters. The number of benzene rings is 1. The minimum Gasteiger partial charge on any atom is -0.491 e. The van der Waals surface area contributed by atoms with Crippen molar-refractivity contribution in [1.29, 1.82) is 0 Å². The molecule has 0 heterocycles. The Balaban J connectivity index is 2.68. The monoisotopic (exact) mass is 236 g/mol. The van der Waals surface area contributed by atoms with Crippen molar-refractivity contribution in [2.75, 3.05) is 20.1 Å². The summed E-state index contributed by atoms with van der Waals surface area (Å²) >= 11 is 0. The lowest BCUT2D eigenvalue weighted by Crippen LogP contribution is -2.25. The minimum atomic E-state index is 0.222. The predicted octanol–water partition coefficient (Wildman–Crippen LogP) is 2.17. The molecule has 1 rings (SSSR count). The Morgan fingerprint density at radius 2 is 2.06 bits per heavy atom. The molecule has 3 nitrogen and oxygen atoms in total. The molecule has 17 heavy (non-hydrogen) atoms. The van der Waals surface area contributed by atoms with Gasteiger partial charge in [-0.25, -0.2) is 0 Å². The van der Waals surface area contributed by atoms with Gasteiger partial charge in [-0.1, -0.05) is 12.1 Å². The molecular formula is C14H24N2O. The summed E-state index contributed by atoms with van der Waals surface area (Å²) in [5, 5.41) is 0. The molecule has 0 amide bonds. The number of nitrogens with zero attached hydrogens (tertiary/aromatic N) is 1. The van der Waals surface area contributed by atoms with Crippen LogP contribution in [-0.4, -0.2) is 31.1 Å². The number of hydrogen-bond donors (Lipinski definition) is 1. The van der Waals surface area contributed by atoms with Crippen LogP contribution < -0.4 is 10.5 Å². The Morgan fingerprint density at radius 3 is 2.59 bits per heavy atom. The Bertz CT molecular complexity index is 350. The van der Waals surface area contributed by atoms with Crippen LogP contribution in [0.4, 0.5) is 0 Å². The Morgan fingerprint density at radius 1 is 1.35 bits per heavy atom. The van der Waals surface area contributed by atoms with Crippen molar-refractivity contribution in [2.24, 2.45) is 5.73 Å². The number of ether oxygens (including phenoxy) is 1. The lowest BCUT2D eigenvalue weighted by molar-refractivity contribution is 0.240. The van der Waals surface area contributed by atoms with Crippen molar-refractivity contribution in [3.05, 3.63) is 29.3 Å². The van der Waals surface area contributed by atoms with Gasteiger partial charge in [-0.15, -0.1) is 0 Å². The second-order valence-electron chi connectivity index (χ2n) is 4.79. The van der Waals surface area contributed by atoms with Gasteiger partial charge in [0.1, 0.15) is 5.75 Å². The van der Waals surface area contributed by atoms with Gasteiger partial charge < -0.3 is 15.4 Å². The number of likely N-dealkylation sites (N-methyl/N-ethyl adjacent to an activating group) is 1. The second kappa shape index (κ2) is 6.62. The van der Waals surface area contributed by atoms with Gasteiger partial charge in [-0.2, -0.15) is 0 Å². The maximum absolute atomic E-state index is 5.72. The summed E-state index contributed by atoms with van der Waals surface area (Å²) in [4.78, 5) is 2.22. The fraction of sp³-hybridized carbons (Fsp3) is 0.571. The number of aryl methyl sites for hydroxylation is 1. The molecule has 0 fully saturated rings. The highest BCUT2D eigenvalue weighted by atomic mass is 16.5. The van der Waals surface area contributed by atoms with Crippen molar-refractivity contribution < 1.29 is 4.74 Å². The molecule has 0 aliphatic rings. The van der Waals surface area contributed by atoms with Crippen molar-refractivity contribution in [2.45, 2.75) is 33.4 Å². The molecule has 0 atom stereocenters. The van der Waals surface area contributed by atoms with E-state index >= 15 is 0 Å². The van der Waals surface area contributed by atoms with Crippen molar-refractivity contribution >= 4 is 0 Å². The van der Waals surface area contributed by atoms with Crippen molar-refractivity contribution in [1.82, 2.24) is 4.90 Å². The Kier molecular flexibility index (Phi) is 5.45. The summed E-state index contributed by atoms with van der Waals surface area (Å²) < 4.78 is 5.72. The van der Waals surface area contributed by atoms with Gasteiger partial charge in [0.25, 0.3) is 0 Å². The predicted molar refractivity (Wildman–Crippen MR) is 72.3 cm³/mol. The maximum Gasteiger partial charge on any atom is 0.122 e. The number of nitrogens with two attached hydrogens (primary N) is 1. The van der Waals surface area contributed by atoms with Gasteiger partial charge in [-0.3, -0.25) is 0 Å². The molecule has 0 aliphatic heterocycles. The van der Waals surface area contributed by atoms with E-state index in [0.717, 1.165) is 18.8 Å². The molecule has 0 aliphatic carbocycles. The Labute approximate surface area is 105 Å². The molecule has 3 heteroatoms. The zero-order valence-electron chi connectivity index (χ0n) is 11.4. The van der Waals surface area contributed by atoms with Crippen LogP contribution in [0.5, 0.6) is 5.75 Å². The summed E-state index contributed by atoms with van der Waals surface area (Å²) in [5.41, 5.74) is 8.02. The van der Waals surface area contributed by atoms with Crippen LogP contribution in [0, 0.1) is 6.92 Å². The van der Waals surface area contributed by atoms with E-state index in [2.05, 4.69) is 37.1 Å². The van der Waals surface area contributed by atoms with Crippen LogP contribution >= 0.6 is 0 Å². The van der Waals surface area contributed by atoms with Gasteiger partial charge in [0.15, 0.2) is 0 Å². The molecule has 1 aromatic carbocycles. The molecule has 2 N–H and O–H groups in total. The summed E-state index contributed by atoms with van der Waals surface area (Å²) in [6, 6.07) is 6.36. The zero-order valence-corrected chi connectivity index (χ0v) is 11.4. The van der Waals surface area contributed by atoms with Crippen LogP contribution in [0.1, 0.15) is 25.0 Å². The van der Waals surface area contributed by atoms with E-state index in [9.17, 15) is 0 Å². The third-order valence-electron chi connectivity index (χ3n) is 2.57. The van der Waals surface area contributed by atoms with Crippen LogP contribution in [0.25, 0.3) is 0 Å². The van der Waals surface area contributed by atoms with Crippen molar-refractivity contribution in [3.63, 3.8) is 0 Å². The molecule has 0 saturated heterocycles. The van der Waals surface area contributed by atoms with E-state index < -0.39 is 0 Å². The van der Waals surface area contributed by atoms with Gasteiger partial charge in [0, 0.05) is 19.6 Å². The molecular weight excluding hydrogens is 212 g/mol. The van der Waals surface area contributed by atoms with Crippen LogP contribution in [0.2, 0.25) is 0 Å². The summed E-state index contributed by atoms with van der Waals surface area (Å²) in [6.07, 6.45) is 0.222. The SMILES string of the molecule is Cc1cc(CN(C)CCN)ccc1OC(C)C. The van der Waals surface area contributed by atoms with Crippen LogP contribution in [-0.2, 0) is 6.54 Å². The number of rotatable bonds is 6. The topological polar surface area (TPSA) is 38.5 Å². The molecule has 0 saturated carbocycles. The van der Waals surface area contributed by atoms with E-state index in [1.54, 1.807) is 0 Å². The van der Waals surface area contributed by atoms with Crippen molar-refractivity contribution in [3.8, 4) is 5.75 Å². The summed E-state index contributed by atoms with van der Waals surface area (Å²) in [7, 11) is 2.08. The van der Waals surface area contributed by atoms with E-state index in [1.165, 1.54) is 11.1 Å². The largest absolute Gasteiger partial charge is 0.491 e. The summed E-state index contributed by atoms with van der Waals surface area (Å²) in [5.74, 6) is 0.977. The van der Waals surface area contributed by atoms with Gasteiger partial charge in [0.2, 0.25) is 0 Å². The number of hydrogen-bond acceptors (Lipinski definition) is 3. The minimum absolute atomic E-state index is 0.222. The first-order chi connectivity index (χ1) is 8.02. The molecule has 0 spiro atoms. The molecule has 0 aromatic heterocycles.